The van der Waals surface area contributed by atoms with E-state index in [9.17, 15) is 9.18 Å². The van der Waals surface area contributed by atoms with Crippen molar-refractivity contribution >= 4 is 12.1 Å². The molecule has 1 amide bonds. The molecule has 4 N–H and O–H groups in total. The largest absolute Gasteiger partial charge is 0.403 e. The summed E-state index contributed by atoms with van der Waals surface area (Å²) in [6.07, 6.45) is 10.5. The minimum Gasteiger partial charge on any atom is -0.403 e. The number of allylic oxidation sites excluding steroid dienone is 5. The van der Waals surface area contributed by atoms with Crippen molar-refractivity contribution in [2.24, 2.45) is 10.8 Å². The van der Waals surface area contributed by atoms with Crippen LogP contribution >= 0.6 is 0 Å². The highest BCUT2D eigenvalue weighted by molar-refractivity contribution is 6.04. The third-order valence-corrected chi connectivity index (χ3v) is 2.99. The first-order valence-electron chi connectivity index (χ1n) is 9.42. The summed E-state index contributed by atoms with van der Waals surface area (Å²) >= 11 is 0. The molecule has 166 valence electrons. The number of nitrogens with one attached hydrogen (secondary N) is 2. The van der Waals surface area contributed by atoms with Crippen LogP contribution in [0.25, 0.3) is 0 Å². The van der Waals surface area contributed by atoms with Crippen LogP contribution in [0.15, 0.2) is 54.0 Å². The van der Waals surface area contributed by atoms with Crippen LogP contribution in [0.1, 0.15) is 27.2 Å². The lowest BCUT2D eigenvalue weighted by Crippen LogP contribution is -2.29. The molecule has 8 nitrogen and oxygen atoms in total. The van der Waals surface area contributed by atoms with Crippen LogP contribution in [-0.2, 0) is 4.79 Å². The molecule has 0 bridgehead atoms. The highest BCUT2D eigenvalue weighted by Crippen LogP contribution is 1.98. The maximum Gasteiger partial charge on any atom is 0.209 e. The van der Waals surface area contributed by atoms with Gasteiger partial charge in [-0.15, -0.1) is 0 Å². The number of likely N-dealkylation sites (N-methyl/N-ethyl adjacent to an activating group) is 1. The molecule has 0 aliphatic rings. The number of amides is 1. The Bertz CT molecular complexity index is 628. The lowest BCUT2D eigenvalue weighted by atomic mass is 10.1. The monoisotopic (exact) mass is 419 g/mol. The van der Waals surface area contributed by atoms with E-state index in [2.05, 4.69) is 22.4 Å². The van der Waals surface area contributed by atoms with E-state index in [4.69, 9.17) is 16.3 Å². The molecule has 0 saturated carbocycles. The summed E-state index contributed by atoms with van der Waals surface area (Å²) in [6.45, 7) is 11.7. The van der Waals surface area contributed by atoms with Gasteiger partial charge in [-0.1, -0.05) is 24.8 Å². The molecule has 9 heteroatoms. The number of hydrogen-bond acceptors (Lipinski definition) is 7. The molecule has 0 atom stereocenters. The summed E-state index contributed by atoms with van der Waals surface area (Å²) in [7, 11) is 0. The fourth-order valence-corrected chi connectivity index (χ4v) is 1.44. The Labute approximate surface area is 179 Å². The molecule has 0 radical (unpaired) electrons. The smallest absolute Gasteiger partial charge is 0.209 e. The summed E-state index contributed by atoms with van der Waals surface area (Å²) < 4.78 is 10.9. The molecule has 0 rings (SSSR count). The second kappa shape index (κ2) is 27.6. The molecular weight excluding hydrogens is 385 g/mol. The number of alkyl halides is 1. The van der Waals surface area contributed by atoms with Gasteiger partial charge in [0.15, 0.2) is 0 Å². The van der Waals surface area contributed by atoms with E-state index in [-0.39, 0.29) is 18.7 Å². The number of rotatable bonds is 12. The molecule has 0 saturated heterocycles. The normalized spacial score (nSPS) is 10.6. The lowest BCUT2D eigenvalue weighted by molar-refractivity contribution is -0.117. The number of carbonyl (C=O) groups excluding carboxylic acids is 1. The number of hydrogen-bond donors (Lipinski definition) is 3. The van der Waals surface area contributed by atoms with Crippen LogP contribution in [0.3, 0.4) is 0 Å². The zero-order chi connectivity index (χ0) is 23.5. The van der Waals surface area contributed by atoms with Gasteiger partial charge >= 0.3 is 0 Å². The molecule has 0 aromatic carbocycles. The van der Waals surface area contributed by atoms with Crippen molar-refractivity contribution in [2.75, 3.05) is 32.9 Å². The van der Waals surface area contributed by atoms with Gasteiger partial charge in [0.25, 0.3) is 0 Å². The number of nitriles is 2. The van der Waals surface area contributed by atoms with E-state index in [0.29, 0.717) is 12.3 Å². The SMILES string of the molecule is C/C=C\CF.C=C/C=C/NCCN(C=O)CC.CCN/N=C(CC#N)\C(C#N)=C\N. The van der Waals surface area contributed by atoms with E-state index in [1.165, 1.54) is 6.08 Å². The molecule has 0 aromatic heterocycles. The summed E-state index contributed by atoms with van der Waals surface area (Å²) in [5.41, 5.74) is 8.45. The maximum absolute atomic E-state index is 10.9. The first-order chi connectivity index (χ1) is 14.6. The molecule has 0 fully saturated rings. The Hall–Kier alpha value is -3.59. The summed E-state index contributed by atoms with van der Waals surface area (Å²) in [6, 6.07) is 3.77. The average Bonchev–Trinajstić information content (AvgIpc) is 2.77. The van der Waals surface area contributed by atoms with Crippen molar-refractivity contribution in [1.82, 2.24) is 15.6 Å². The quantitative estimate of drug-likeness (QED) is 0.0847. The molecule has 0 heterocycles. The topological polar surface area (TPSA) is 130 Å². The van der Waals surface area contributed by atoms with Gasteiger partial charge in [-0.25, -0.2) is 4.39 Å². The third-order valence-electron chi connectivity index (χ3n) is 2.99. The second-order valence-electron chi connectivity index (χ2n) is 5.10. The van der Waals surface area contributed by atoms with Crippen molar-refractivity contribution in [1.29, 1.82) is 10.5 Å². The Kier molecular flexibility index (Phi) is 28.7. The molecule has 0 unspecified atom stereocenters. The fraction of sp³-hybridized carbons (Fsp3) is 0.429. The van der Waals surface area contributed by atoms with E-state index < -0.39 is 0 Å². The Morgan fingerprint density at radius 2 is 2.07 bits per heavy atom. The third kappa shape index (κ3) is 22.5. The zero-order valence-corrected chi connectivity index (χ0v) is 18.1. The minimum atomic E-state index is -0.337. The number of nitrogens with zero attached hydrogens (tertiary/aromatic N) is 4. The average molecular weight is 420 g/mol. The Morgan fingerprint density at radius 3 is 2.43 bits per heavy atom. The molecular formula is C21H34FN7O. The zero-order valence-electron chi connectivity index (χ0n) is 18.1. The number of nitrogens with two attached hydrogens (primary N) is 1. The Morgan fingerprint density at radius 1 is 1.37 bits per heavy atom. The van der Waals surface area contributed by atoms with Crippen LogP contribution in [-0.4, -0.2) is 49.9 Å². The van der Waals surface area contributed by atoms with Crippen LogP contribution in [0.5, 0.6) is 0 Å². The lowest BCUT2D eigenvalue weighted by Gasteiger charge is -2.13. The van der Waals surface area contributed by atoms with E-state index in [0.717, 1.165) is 32.2 Å². The maximum atomic E-state index is 10.9. The first-order valence-corrected chi connectivity index (χ1v) is 9.42. The van der Waals surface area contributed by atoms with Crippen LogP contribution in [0, 0.1) is 22.7 Å². The van der Waals surface area contributed by atoms with E-state index in [1.807, 2.05) is 38.3 Å². The van der Waals surface area contributed by atoms with Gasteiger partial charge in [0.2, 0.25) is 6.41 Å². The van der Waals surface area contributed by atoms with Crippen LogP contribution < -0.4 is 16.5 Å². The van der Waals surface area contributed by atoms with Gasteiger partial charge in [0, 0.05) is 32.4 Å². The van der Waals surface area contributed by atoms with Gasteiger partial charge in [-0.2, -0.15) is 15.6 Å². The summed E-state index contributed by atoms with van der Waals surface area (Å²) in [4.78, 5) is 12.0. The molecule has 30 heavy (non-hydrogen) atoms. The van der Waals surface area contributed by atoms with Crippen molar-refractivity contribution in [2.45, 2.75) is 27.2 Å². The number of halogens is 1. The first kappa shape index (κ1) is 31.1. The number of hydrazone groups is 1. The molecule has 0 aliphatic carbocycles. The standard InChI is InChI=1S/C9H16N2O.C8H11N5.C4H7F/c1-3-5-6-10-7-8-11(4-2)9-12;1-2-12-13-8(3-4-9)7(5-10)6-11;1-2-3-4-5/h3,5-6,9-10H,1,4,7-8H2,2H3;5,12H,2-3,10H2,1H3;2-3H,4H2,1H3/b6-5+;7-5+,13-8-;3-2-. The van der Waals surface area contributed by atoms with Crippen LogP contribution in [0.2, 0.25) is 0 Å². The fourth-order valence-electron chi connectivity index (χ4n) is 1.44. The van der Waals surface area contributed by atoms with Gasteiger partial charge in [-0.05, 0) is 33.0 Å². The second-order valence-corrected chi connectivity index (χ2v) is 5.10. The molecule has 0 aromatic rings. The van der Waals surface area contributed by atoms with Crippen molar-refractivity contribution in [3.63, 3.8) is 0 Å². The van der Waals surface area contributed by atoms with Gasteiger partial charge in [0.05, 0.1) is 23.8 Å². The van der Waals surface area contributed by atoms with Crippen LogP contribution in [0.4, 0.5) is 4.39 Å². The molecule has 0 spiro atoms. The van der Waals surface area contributed by atoms with Gasteiger partial charge in [0.1, 0.15) is 12.7 Å². The predicted molar refractivity (Wildman–Crippen MR) is 121 cm³/mol. The van der Waals surface area contributed by atoms with E-state index in [1.54, 1.807) is 24.0 Å². The molecule has 0 aliphatic heterocycles. The van der Waals surface area contributed by atoms with Crippen molar-refractivity contribution in [3.05, 3.63) is 48.9 Å². The summed E-state index contributed by atoms with van der Waals surface area (Å²) in [5.74, 6) is 0. The predicted octanol–water partition coefficient (Wildman–Crippen LogP) is 2.52. The minimum absolute atomic E-state index is 0.0730. The Balaban J connectivity index is -0.000000399. The highest BCUT2D eigenvalue weighted by atomic mass is 19.1. The highest BCUT2D eigenvalue weighted by Gasteiger charge is 2.04. The van der Waals surface area contributed by atoms with Gasteiger partial charge in [-0.3, -0.25) is 4.79 Å². The summed E-state index contributed by atoms with van der Waals surface area (Å²) in [5, 5.41) is 23.9. The van der Waals surface area contributed by atoms with E-state index >= 15 is 0 Å². The number of carbonyl (C=O) groups is 1. The van der Waals surface area contributed by atoms with Crippen molar-refractivity contribution in [3.8, 4) is 12.1 Å². The van der Waals surface area contributed by atoms with Gasteiger partial charge < -0.3 is 21.4 Å². The van der Waals surface area contributed by atoms with Crippen molar-refractivity contribution < 1.29 is 9.18 Å².